The van der Waals surface area contributed by atoms with Crippen molar-refractivity contribution >= 4 is 29.6 Å². The summed E-state index contributed by atoms with van der Waals surface area (Å²) >= 11 is 0. The number of halogens is 6. The molecule has 1 saturated heterocycles. The molecule has 0 spiro atoms. The monoisotopic (exact) mass is 610 g/mol. The minimum Gasteiger partial charge on any atom is -0.481 e. The van der Waals surface area contributed by atoms with Crippen LogP contribution in [0.1, 0.15) is 75.1 Å². The second kappa shape index (κ2) is 12.6. The zero-order chi connectivity index (χ0) is 31.5. The summed E-state index contributed by atoms with van der Waals surface area (Å²) in [5, 5.41) is 8.69. The number of nitrogens with zero attached hydrogens (tertiary/aromatic N) is 2. The van der Waals surface area contributed by atoms with Crippen molar-refractivity contribution in [3.8, 4) is 0 Å². The van der Waals surface area contributed by atoms with E-state index >= 15 is 0 Å². The van der Waals surface area contributed by atoms with E-state index < -0.39 is 40.8 Å². The van der Waals surface area contributed by atoms with Crippen LogP contribution >= 0.6 is 0 Å². The zero-order valence-electron chi connectivity index (χ0n) is 22.9. The minimum absolute atomic E-state index is 0.00182. The highest BCUT2D eigenvalue weighted by molar-refractivity contribution is 6.13. The van der Waals surface area contributed by atoms with Crippen LogP contribution in [-0.4, -0.2) is 64.7 Å². The number of amides is 2. The van der Waals surface area contributed by atoms with E-state index in [0.29, 0.717) is 62.3 Å². The van der Waals surface area contributed by atoms with Gasteiger partial charge in [0.25, 0.3) is 5.91 Å². The number of carboxylic acids is 1. The Morgan fingerprint density at radius 1 is 0.791 bits per heavy atom. The van der Waals surface area contributed by atoms with Gasteiger partial charge in [0.15, 0.2) is 5.78 Å². The molecule has 0 atom stereocenters. The molecule has 4 rings (SSSR count). The summed E-state index contributed by atoms with van der Waals surface area (Å²) in [5.74, 6) is -1.86. The van der Waals surface area contributed by atoms with E-state index in [1.165, 1.54) is 12.1 Å². The van der Waals surface area contributed by atoms with E-state index in [4.69, 9.17) is 5.11 Å². The maximum Gasteiger partial charge on any atom is 0.416 e. The van der Waals surface area contributed by atoms with Gasteiger partial charge in [0.2, 0.25) is 5.91 Å². The number of fused-ring (bicyclic) bond motifs is 1. The van der Waals surface area contributed by atoms with E-state index in [0.717, 1.165) is 6.08 Å². The van der Waals surface area contributed by atoms with Gasteiger partial charge in [-0.3, -0.25) is 19.2 Å². The smallest absolute Gasteiger partial charge is 0.416 e. The molecule has 1 aliphatic heterocycles. The van der Waals surface area contributed by atoms with Gasteiger partial charge >= 0.3 is 18.3 Å². The summed E-state index contributed by atoms with van der Waals surface area (Å²) in [6.07, 6.45) is -7.56. The molecule has 0 radical (unpaired) electrons. The number of aliphatic carboxylic acids is 1. The number of hydrogen-bond acceptors (Lipinski definition) is 4. The normalized spacial score (nSPS) is 16.8. The largest absolute Gasteiger partial charge is 0.481 e. The van der Waals surface area contributed by atoms with Crippen LogP contribution in [0.2, 0.25) is 0 Å². The van der Waals surface area contributed by atoms with Gasteiger partial charge in [0.05, 0.1) is 11.1 Å². The van der Waals surface area contributed by atoms with Crippen molar-refractivity contribution in [2.75, 3.05) is 26.2 Å². The summed E-state index contributed by atoms with van der Waals surface area (Å²) in [4.78, 5) is 52.5. The molecular formula is C30H28F6N2O5. The van der Waals surface area contributed by atoms with Crippen LogP contribution in [0.15, 0.2) is 42.0 Å². The standard InChI is InChI=1S/C30H28F6N2O5/c31-29(32,33)22-14-18(15-23(17-22)30(34,35)36)13-20-6-5-19-16-21(7-8-24(19)27(20)42)28(43)38-11-9-37(10-12-38)25(39)3-1-2-4-26(40)41/h7-8,13-17H,1-6,9-12H2,(H,40,41)/b20-13+. The molecule has 2 aromatic rings. The molecule has 7 nitrogen and oxygen atoms in total. The highest BCUT2D eigenvalue weighted by Gasteiger charge is 2.37. The van der Waals surface area contributed by atoms with Crippen LogP contribution in [-0.2, 0) is 28.4 Å². The highest BCUT2D eigenvalue weighted by Crippen LogP contribution is 2.37. The van der Waals surface area contributed by atoms with Gasteiger partial charge in [-0.05, 0) is 79.3 Å². The number of hydrogen-bond donors (Lipinski definition) is 1. The predicted molar refractivity (Wildman–Crippen MR) is 142 cm³/mol. The van der Waals surface area contributed by atoms with Crippen LogP contribution in [0.4, 0.5) is 26.3 Å². The molecular weight excluding hydrogens is 582 g/mol. The quantitative estimate of drug-likeness (QED) is 0.241. The molecule has 2 aliphatic rings. The predicted octanol–water partition coefficient (Wildman–Crippen LogP) is 5.87. The first kappa shape index (κ1) is 31.8. The molecule has 1 heterocycles. The molecule has 1 aliphatic carbocycles. The SMILES string of the molecule is O=C(O)CCCCC(=O)N1CCN(C(=O)c2ccc3c(c2)CC/C(=C\c2cc(C(F)(F)F)cc(C(F)(F)F)c2)C3=O)CC1. The third-order valence-corrected chi connectivity index (χ3v) is 7.45. The summed E-state index contributed by atoms with van der Waals surface area (Å²) in [7, 11) is 0. The third-order valence-electron chi connectivity index (χ3n) is 7.45. The van der Waals surface area contributed by atoms with Gasteiger partial charge in [-0.15, -0.1) is 0 Å². The summed E-state index contributed by atoms with van der Waals surface area (Å²) in [6.45, 7) is 1.23. The number of aryl methyl sites for hydroxylation is 1. The summed E-state index contributed by atoms with van der Waals surface area (Å²) in [6, 6.07) is 5.62. The number of piperazine rings is 1. The molecule has 2 amide bonds. The number of carbonyl (C=O) groups excluding carboxylic acids is 3. The average Bonchev–Trinajstić information content (AvgIpc) is 2.95. The first-order valence-electron chi connectivity index (χ1n) is 13.6. The van der Waals surface area contributed by atoms with Crippen LogP contribution < -0.4 is 0 Å². The van der Waals surface area contributed by atoms with E-state index in [2.05, 4.69) is 0 Å². The third kappa shape index (κ3) is 7.82. The van der Waals surface area contributed by atoms with Crippen LogP contribution in [0, 0.1) is 0 Å². The van der Waals surface area contributed by atoms with E-state index in [-0.39, 0.29) is 54.7 Å². The number of unbranched alkanes of at least 4 members (excludes halogenated alkanes) is 1. The lowest BCUT2D eigenvalue weighted by molar-refractivity contribution is -0.143. The van der Waals surface area contributed by atoms with Crippen molar-refractivity contribution in [2.24, 2.45) is 0 Å². The molecule has 0 aromatic heterocycles. The summed E-state index contributed by atoms with van der Waals surface area (Å²) in [5.41, 5.74) is -2.19. The lowest BCUT2D eigenvalue weighted by Gasteiger charge is -2.35. The van der Waals surface area contributed by atoms with E-state index in [1.54, 1.807) is 15.9 Å². The van der Waals surface area contributed by atoms with Gasteiger partial charge < -0.3 is 14.9 Å². The zero-order valence-corrected chi connectivity index (χ0v) is 22.9. The van der Waals surface area contributed by atoms with Crippen molar-refractivity contribution < 1.29 is 50.6 Å². The van der Waals surface area contributed by atoms with Crippen molar-refractivity contribution in [1.82, 2.24) is 9.80 Å². The first-order chi connectivity index (χ1) is 20.1. The Morgan fingerprint density at radius 3 is 1.95 bits per heavy atom. The number of benzene rings is 2. The van der Waals surface area contributed by atoms with Gasteiger partial charge in [-0.25, -0.2) is 0 Å². The van der Waals surface area contributed by atoms with Crippen molar-refractivity contribution in [1.29, 1.82) is 0 Å². The number of alkyl halides is 6. The number of Topliss-reactive ketones (excluding diaryl/α,β-unsaturated/α-hetero) is 1. The van der Waals surface area contributed by atoms with Crippen molar-refractivity contribution in [3.05, 3.63) is 75.4 Å². The molecule has 1 fully saturated rings. The van der Waals surface area contributed by atoms with E-state index in [1.807, 2.05) is 0 Å². The van der Waals surface area contributed by atoms with Gasteiger partial charge in [0.1, 0.15) is 0 Å². The van der Waals surface area contributed by atoms with Gasteiger partial charge in [-0.1, -0.05) is 0 Å². The second-order valence-corrected chi connectivity index (χ2v) is 10.5. The molecule has 2 aromatic carbocycles. The number of carbonyl (C=O) groups is 4. The van der Waals surface area contributed by atoms with Crippen LogP contribution in [0.5, 0.6) is 0 Å². The van der Waals surface area contributed by atoms with Crippen molar-refractivity contribution in [3.63, 3.8) is 0 Å². The molecule has 0 saturated carbocycles. The molecule has 230 valence electrons. The Bertz CT molecular complexity index is 1420. The van der Waals surface area contributed by atoms with E-state index in [9.17, 15) is 45.5 Å². The topological polar surface area (TPSA) is 95.0 Å². The van der Waals surface area contributed by atoms with Crippen molar-refractivity contribution in [2.45, 2.75) is 50.9 Å². The Kier molecular flexibility index (Phi) is 9.31. The maximum atomic E-state index is 13.2. The lowest BCUT2D eigenvalue weighted by atomic mass is 9.84. The minimum atomic E-state index is -5.01. The molecule has 0 bridgehead atoms. The Labute approximate surface area is 242 Å². The second-order valence-electron chi connectivity index (χ2n) is 10.5. The molecule has 1 N–H and O–H groups in total. The maximum absolute atomic E-state index is 13.2. The Hall–Kier alpha value is -4.16. The number of carboxylic acid groups (broad SMARTS) is 1. The lowest BCUT2D eigenvalue weighted by Crippen LogP contribution is -2.50. The average molecular weight is 611 g/mol. The summed E-state index contributed by atoms with van der Waals surface area (Å²) < 4.78 is 79.4. The number of rotatable bonds is 7. The number of allylic oxidation sites excluding steroid dienone is 1. The molecule has 13 heteroatoms. The van der Waals surface area contributed by atoms with Gasteiger partial charge in [-0.2, -0.15) is 26.3 Å². The fourth-order valence-corrected chi connectivity index (χ4v) is 5.16. The first-order valence-corrected chi connectivity index (χ1v) is 13.6. The molecule has 43 heavy (non-hydrogen) atoms. The van der Waals surface area contributed by atoms with Crippen LogP contribution in [0.25, 0.3) is 6.08 Å². The highest BCUT2D eigenvalue weighted by atomic mass is 19.4. The Balaban J connectivity index is 1.43. The Morgan fingerprint density at radius 2 is 1.37 bits per heavy atom. The fraction of sp³-hybridized carbons (Fsp3) is 0.400. The van der Waals surface area contributed by atoms with Crippen LogP contribution in [0.3, 0.4) is 0 Å². The molecule has 0 unspecified atom stereocenters. The number of ketones is 1. The fourth-order valence-electron chi connectivity index (χ4n) is 5.16. The van der Waals surface area contributed by atoms with Gasteiger partial charge in [0, 0.05) is 55.7 Å².